The molecule has 21 heavy (non-hydrogen) atoms. The number of amides is 1. The third kappa shape index (κ3) is 5.28. The standard InChI is InChI=1S/C15H21F3N2O/c1-5-14(3,4)20-13(21)10(2)19-12-8-6-11(7-9-12)15(16,17)18/h6-10,19H,5H2,1-4H3,(H,20,21). The van der Waals surface area contributed by atoms with Crippen LogP contribution in [0.5, 0.6) is 0 Å². The first kappa shape index (κ1) is 17.3. The van der Waals surface area contributed by atoms with E-state index in [1.807, 2.05) is 20.8 Å². The minimum Gasteiger partial charge on any atom is -0.374 e. The number of hydrogen-bond acceptors (Lipinski definition) is 2. The lowest BCUT2D eigenvalue weighted by molar-refractivity contribution is -0.137. The average Bonchev–Trinajstić information content (AvgIpc) is 2.37. The highest BCUT2D eigenvalue weighted by Crippen LogP contribution is 2.29. The summed E-state index contributed by atoms with van der Waals surface area (Å²) in [6.07, 6.45) is -3.57. The predicted molar refractivity (Wildman–Crippen MR) is 77.0 cm³/mol. The quantitative estimate of drug-likeness (QED) is 0.868. The first-order valence-electron chi connectivity index (χ1n) is 6.81. The van der Waals surface area contributed by atoms with Gasteiger partial charge in [0.15, 0.2) is 0 Å². The molecule has 0 spiro atoms. The Morgan fingerprint density at radius 2 is 1.71 bits per heavy atom. The van der Waals surface area contributed by atoms with Gasteiger partial charge in [0.2, 0.25) is 5.91 Å². The SMILES string of the molecule is CCC(C)(C)NC(=O)C(C)Nc1ccc(C(F)(F)F)cc1. The molecule has 1 aromatic rings. The lowest BCUT2D eigenvalue weighted by Crippen LogP contribution is -2.48. The first-order chi connectivity index (χ1) is 9.55. The Balaban J connectivity index is 2.67. The molecule has 0 bridgehead atoms. The lowest BCUT2D eigenvalue weighted by Gasteiger charge is -2.27. The summed E-state index contributed by atoms with van der Waals surface area (Å²) in [5.41, 5.74) is -0.551. The van der Waals surface area contributed by atoms with Crippen LogP contribution in [0.15, 0.2) is 24.3 Å². The van der Waals surface area contributed by atoms with Crippen molar-refractivity contribution in [3.8, 4) is 0 Å². The fourth-order valence-corrected chi connectivity index (χ4v) is 1.60. The molecule has 2 N–H and O–H groups in total. The van der Waals surface area contributed by atoms with E-state index >= 15 is 0 Å². The summed E-state index contributed by atoms with van der Waals surface area (Å²) in [5, 5.41) is 5.77. The molecule has 118 valence electrons. The second-order valence-corrected chi connectivity index (χ2v) is 5.67. The van der Waals surface area contributed by atoms with Crippen LogP contribution in [-0.4, -0.2) is 17.5 Å². The van der Waals surface area contributed by atoms with Crippen molar-refractivity contribution in [1.29, 1.82) is 0 Å². The maximum atomic E-state index is 12.5. The predicted octanol–water partition coefficient (Wildman–Crippen LogP) is 3.81. The van der Waals surface area contributed by atoms with E-state index in [1.54, 1.807) is 6.92 Å². The summed E-state index contributed by atoms with van der Waals surface area (Å²) in [7, 11) is 0. The second kappa shape index (κ2) is 6.37. The van der Waals surface area contributed by atoms with E-state index in [0.29, 0.717) is 5.69 Å². The molecule has 1 unspecified atom stereocenters. The number of rotatable bonds is 5. The van der Waals surface area contributed by atoms with E-state index in [1.165, 1.54) is 12.1 Å². The lowest BCUT2D eigenvalue weighted by atomic mass is 10.0. The van der Waals surface area contributed by atoms with E-state index in [2.05, 4.69) is 10.6 Å². The van der Waals surface area contributed by atoms with Crippen molar-refractivity contribution >= 4 is 11.6 Å². The molecule has 0 aromatic heterocycles. The molecule has 1 amide bonds. The van der Waals surface area contributed by atoms with Crippen molar-refractivity contribution in [2.45, 2.75) is 51.9 Å². The Bertz CT molecular complexity index is 481. The van der Waals surface area contributed by atoms with Gasteiger partial charge < -0.3 is 10.6 Å². The van der Waals surface area contributed by atoms with Crippen LogP contribution in [0.2, 0.25) is 0 Å². The topological polar surface area (TPSA) is 41.1 Å². The van der Waals surface area contributed by atoms with Gasteiger partial charge in [-0.15, -0.1) is 0 Å². The Hall–Kier alpha value is -1.72. The molecule has 1 atom stereocenters. The van der Waals surface area contributed by atoms with Crippen LogP contribution in [0.4, 0.5) is 18.9 Å². The Kier molecular flexibility index (Phi) is 5.25. The van der Waals surface area contributed by atoms with Crippen molar-refractivity contribution in [1.82, 2.24) is 5.32 Å². The number of alkyl halides is 3. The number of nitrogens with one attached hydrogen (secondary N) is 2. The number of benzene rings is 1. The molecule has 0 heterocycles. The minimum absolute atomic E-state index is 0.193. The van der Waals surface area contributed by atoms with Crippen molar-refractivity contribution in [2.75, 3.05) is 5.32 Å². The van der Waals surface area contributed by atoms with Crippen molar-refractivity contribution in [3.63, 3.8) is 0 Å². The van der Waals surface area contributed by atoms with Crippen LogP contribution in [0.1, 0.15) is 39.7 Å². The summed E-state index contributed by atoms with van der Waals surface area (Å²) in [4.78, 5) is 12.0. The number of hydrogen-bond donors (Lipinski definition) is 2. The zero-order valence-corrected chi connectivity index (χ0v) is 12.6. The summed E-state index contributed by atoms with van der Waals surface area (Å²) >= 11 is 0. The monoisotopic (exact) mass is 302 g/mol. The minimum atomic E-state index is -4.35. The van der Waals surface area contributed by atoms with Crippen LogP contribution in [0.3, 0.4) is 0 Å². The molecule has 0 aliphatic rings. The van der Waals surface area contributed by atoms with Crippen molar-refractivity contribution in [3.05, 3.63) is 29.8 Å². The van der Waals surface area contributed by atoms with E-state index in [0.717, 1.165) is 18.6 Å². The molecule has 3 nitrogen and oxygen atoms in total. The molecule has 0 saturated carbocycles. The summed E-state index contributed by atoms with van der Waals surface area (Å²) in [5.74, 6) is -0.193. The third-order valence-electron chi connectivity index (χ3n) is 3.33. The number of halogens is 3. The smallest absolute Gasteiger partial charge is 0.374 e. The van der Waals surface area contributed by atoms with E-state index < -0.39 is 17.8 Å². The van der Waals surface area contributed by atoms with Crippen molar-refractivity contribution < 1.29 is 18.0 Å². The molecule has 0 radical (unpaired) electrons. The average molecular weight is 302 g/mol. The highest BCUT2D eigenvalue weighted by atomic mass is 19.4. The largest absolute Gasteiger partial charge is 0.416 e. The highest BCUT2D eigenvalue weighted by molar-refractivity contribution is 5.84. The molecule has 1 aromatic carbocycles. The Labute approximate surface area is 122 Å². The molecule has 0 aliphatic heterocycles. The maximum absolute atomic E-state index is 12.5. The van der Waals surface area contributed by atoms with Crippen LogP contribution in [0, 0.1) is 0 Å². The highest BCUT2D eigenvalue weighted by Gasteiger charge is 2.30. The van der Waals surface area contributed by atoms with Gasteiger partial charge in [0.25, 0.3) is 0 Å². The molecular weight excluding hydrogens is 281 g/mol. The van der Waals surface area contributed by atoms with Gasteiger partial charge in [-0.05, 0) is 51.5 Å². The van der Waals surface area contributed by atoms with E-state index in [-0.39, 0.29) is 11.4 Å². The molecule has 0 fully saturated rings. The first-order valence-corrected chi connectivity index (χ1v) is 6.81. The normalized spacial score (nSPS) is 13.7. The molecule has 6 heteroatoms. The van der Waals surface area contributed by atoms with Gasteiger partial charge in [-0.2, -0.15) is 13.2 Å². The fraction of sp³-hybridized carbons (Fsp3) is 0.533. The molecule has 0 saturated heterocycles. The Morgan fingerprint density at radius 1 is 1.19 bits per heavy atom. The molecule has 0 aliphatic carbocycles. The van der Waals surface area contributed by atoms with Crippen LogP contribution < -0.4 is 10.6 Å². The maximum Gasteiger partial charge on any atom is 0.416 e. The van der Waals surface area contributed by atoms with E-state index in [9.17, 15) is 18.0 Å². The number of carbonyl (C=O) groups is 1. The van der Waals surface area contributed by atoms with Crippen LogP contribution in [-0.2, 0) is 11.0 Å². The summed E-state index contributed by atoms with van der Waals surface area (Å²) in [6, 6.07) is 4.08. The zero-order valence-electron chi connectivity index (χ0n) is 12.6. The fourth-order valence-electron chi connectivity index (χ4n) is 1.60. The summed E-state index contributed by atoms with van der Waals surface area (Å²) < 4.78 is 37.4. The van der Waals surface area contributed by atoms with Crippen LogP contribution in [0.25, 0.3) is 0 Å². The van der Waals surface area contributed by atoms with Crippen LogP contribution >= 0.6 is 0 Å². The molecular formula is C15H21F3N2O. The number of anilines is 1. The van der Waals surface area contributed by atoms with Gasteiger partial charge in [0, 0.05) is 11.2 Å². The van der Waals surface area contributed by atoms with Gasteiger partial charge in [0.1, 0.15) is 6.04 Å². The van der Waals surface area contributed by atoms with Gasteiger partial charge in [-0.25, -0.2) is 0 Å². The number of carbonyl (C=O) groups excluding carboxylic acids is 1. The summed E-state index contributed by atoms with van der Waals surface area (Å²) in [6.45, 7) is 7.46. The van der Waals surface area contributed by atoms with Gasteiger partial charge in [-0.3, -0.25) is 4.79 Å². The second-order valence-electron chi connectivity index (χ2n) is 5.67. The van der Waals surface area contributed by atoms with Gasteiger partial charge in [0.05, 0.1) is 5.56 Å². The van der Waals surface area contributed by atoms with Gasteiger partial charge >= 0.3 is 6.18 Å². The van der Waals surface area contributed by atoms with Crippen molar-refractivity contribution in [2.24, 2.45) is 0 Å². The zero-order chi connectivity index (χ0) is 16.3. The third-order valence-corrected chi connectivity index (χ3v) is 3.33. The van der Waals surface area contributed by atoms with E-state index in [4.69, 9.17) is 0 Å². The molecule has 1 rings (SSSR count). The Morgan fingerprint density at radius 3 is 2.14 bits per heavy atom. The van der Waals surface area contributed by atoms with Gasteiger partial charge in [-0.1, -0.05) is 6.92 Å².